The van der Waals surface area contributed by atoms with Gasteiger partial charge in [0, 0.05) is 23.7 Å². The van der Waals surface area contributed by atoms with Crippen LogP contribution in [0.3, 0.4) is 0 Å². The summed E-state index contributed by atoms with van der Waals surface area (Å²) in [6, 6.07) is 15.5. The number of hydrogen-bond donors (Lipinski definition) is 0. The summed E-state index contributed by atoms with van der Waals surface area (Å²) in [5.41, 5.74) is 1.38. The van der Waals surface area contributed by atoms with Crippen LogP contribution in [0.25, 0.3) is 0 Å². The molecule has 0 aliphatic carbocycles. The van der Waals surface area contributed by atoms with Gasteiger partial charge in [0.15, 0.2) is 0 Å². The van der Waals surface area contributed by atoms with E-state index in [-0.39, 0.29) is 0 Å². The van der Waals surface area contributed by atoms with E-state index in [2.05, 4.69) is 61.3 Å². The third kappa shape index (κ3) is 4.58. The van der Waals surface area contributed by atoms with Crippen LogP contribution in [0.5, 0.6) is 0 Å². The third-order valence-electron chi connectivity index (χ3n) is 4.32. The maximum Gasteiger partial charge on any atom is 0.101 e. The quantitative estimate of drug-likeness (QED) is 0.730. The van der Waals surface area contributed by atoms with E-state index in [0.29, 0.717) is 6.04 Å². The van der Waals surface area contributed by atoms with Crippen molar-refractivity contribution in [1.82, 2.24) is 9.88 Å². The second-order valence-electron chi connectivity index (χ2n) is 6.75. The summed E-state index contributed by atoms with van der Waals surface area (Å²) in [4.78, 5) is 8.59. The monoisotopic (exact) mass is 326 g/mol. The fraction of sp³-hybridized carbons (Fsp3) is 0.450. The molecule has 1 fully saturated rings. The van der Waals surface area contributed by atoms with Crippen LogP contribution in [-0.4, -0.2) is 23.0 Å². The minimum absolute atomic E-state index is 0.550. The second-order valence-corrected chi connectivity index (χ2v) is 7.84. The van der Waals surface area contributed by atoms with E-state index < -0.39 is 0 Å². The molecule has 0 amide bonds. The smallest absolute Gasteiger partial charge is 0.101 e. The number of aromatic nitrogens is 1. The average Bonchev–Trinajstić information content (AvgIpc) is 2.57. The van der Waals surface area contributed by atoms with Crippen molar-refractivity contribution in [1.29, 1.82) is 0 Å². The van der Waals surface area contributed by atoms with E-state index in [1.807, 2.05) is 6.07 Å². The molecule has 0 radical (unpaired) electrons. The number of rotatable bonds is 5. The van der Waals surface area contributed by atoms with Gasteiger partial charge in [0.1, 0.15) is 5.03 Å². The van der Waals surface area contributed by atoms with Gasteiger partial charge in [-0.15, -0.1) is 0 Å². The van der Waals surface area contributed by atoms with Crippen LogP contribution in [-0.2, 0) is 0 Å². The molecule has 2 nitrogen and oxygen atoms in total. The van der Waals surface area contributed by atoms with Crippen molar-refractivity contribution >= 4 is 11.8 Å². The molecular weight excluding hydrogens is 300 g/mol. The molecule has 0 bridgehead atoms. The van der Waals surface area contributed by atoms with Gasteiger partial charge in [-0.3, -0.25) is 4.90 Å². The SMILES string of the molecule is CC(C)CN1CCCCC1c1ccc(Sc2ccccc2)nc1. The number of nitrogens with zero attached hydrogens (tertiary/aromatic N) is 2. The highest BCUT2D eigenvalue weighted by Gasteiger charge is 2.24. The Bertz CT molecular complexity index is 595. The number of likely N-dealkylation sites (tertiary alicyclic amines) is 1. The summed E-state index contributed by atoms with van der Waals surface area (Å²) >= 11 is 1.73. The summed E-state index contributed by atoms with van der Waals surface area (Å²) in [6.45, 7) is 7.03. The van der Waals surface area contributed by atoms with Crippen LogP contribution in [0.15, 0.2) is 58.6 Å². The first kappa shape index (κ1) is 16.5. The first-order chi connectivity index (χ1) is 11.2. The molecule has 122 valence electrons. The van der Waals surface area contributed by atoms with E-state index >= 15 is 0 Å². The molecule has 3 rings (SSSR count). The maximum absolute atomic E-state index is 4.70. The Balaban J connectivity index is 1.70. The summed E-state index contributed by atoms with van der Waals surface area (Å²) in [6.07, 6.45) is 6.02. The normalized spacial score (nSPS) is 19.2. The zero-order chi connectivity index (χ0) is 16.1. The van der Waals surface area contributed by atoms with Crippen molar-refractivity contribution in [2.24, 2.45) is 5.92 Å². The van der Waals surface area contributed by atoms with Crippen LogP contribution in [0.4, 0.5) is 0 Å². The van der Waals surface area contributed by atoms with E-state index in [1.165, 1.54) is 42.8 Å². The Morgan fingerprint density at radius 3 is 2.65 bits per heavy atom. The van der Waals surface area contributed by atoms with Gasteiger partial charge in [0.25, 0.3) is 0 Å². The van der Waals surface area contributed by atoms with Gasteiger partial charge >= 0.3 is 0 Å². The Labute approximate surface area is 144 Å². The molecule has 1 aliphatic rings. The van der Waals surface area contributed by atoms with Crippen LogP contribution < -0.4 is 0 Å². The minimum Gasteiger partial charge on any atom is -0.296 e. The number of benzene rings is 1. The molecule has 1 aliphatic heterocycles. The Morgan fingerprint density at radius 1 is 1.13 bits per heavy atom. The summed E-state index contributed by atoms with van der Waals surface area (Å²) in [7, 11) is 0. The fourth-order valence-electron chi connectivity index (χ4n) is 3.31. The molecule has 1 aromatic heterocycles. The molecule has 23 heavy (non-hydrogen) atoms. The van der Waals surface area contributed by atoms with Crippen LogP contribution in [0.1, 0.15) is 44.7 Å². The fourth-order valence-corrected chi connectivity index (χ4v) is 4.09. The Hall–Kier alpha value is -1.32. The predicted octanol–water partition coefficient (Wildman–Crippen LogP) is 5.42. The predicted molar refractivity (Wildman–Crippen MR) is 97.8 cm³/mol. The lowest BCUT2D eigenvalue weighted by molar-refractivity contribution is 0.132. The molecule has 2 heterocycles. The standard InChI is InChI=1S/C20H26N2S/c1-16(2)15-22-13-7-6-10-19(22)17-11-12-20(21-14-17)23-18-8-4-3-5-9-18/h3-5,8-9,11-12,14,16,19H,6-7,10,13,15H2,1-2H3. The first-order valence-electron chi connectivity index (χ1n) is 8.65. The van der Waals surface area contributed by atoms with E-state index in [9.17, 15) is 0 Å². The maximum atomic E-state index is 4.70. The largest absolute Gasteiger partial charge is 0.296 e. The van der Waals surface area contributed by atoms with Crippen LogP contribution in [0.2, 0.25) is 0 Å². The van der Waals surface area contributed by atoms with Crippen molar-refractivity contribution in [2.45, 2.75) is 49.1 Å². The highest BCUT2D eigenvalue weighted by Crippen LogP contribution is 2.32. The van der Waals surface area contributed by atoms with Gasteiger partial charge in [0.2, 0.25) is 0 Å². The molecule has 0 spiro atoms. The lowest BCUT2D eigenvalue weighted by Crippen LogP contribution is -2.36. The summed E-state index contributed by atoms with van der Waals surface area (Å²) in [5, 5.41) is 1.08. The van der Waals surface area contributed by atoms with Gasteiger partial charge in [-0.1, -0.05) is 56.3 Å². The molecule has 1 unspecified atom stereocenters. The molecule has 0 N–H and O–H groups in total. The number of piperidine rings is 1. The Kier molecular flexibility index (Phi) is 5.74. The zero-order valence-electron chi connectivity index (χ0n) is 14.1. The van der Waals surface area contributed by atoms with Gasteiger partial charge in [0.05, 0.1) is 0 Å². The molecule has 2 aromatic rings. The topological polar surface area (TPSA) is 16.1 Å². The second kappa shape index (κ2) is 7.98. The van der Waals surface area contributed by atoms with Gasteiger partial charge in [-0.25, -0.2) is 4.98 Å². The minimum atomic E-state index is 0.550. The van der Waals surface area contributed by atoms with Crippen molar-refractivity contribution < 1.29 is 0 Å². The molecular formula is C20H26N2S. The summed E-state index contributed by atoms with van der Waals surface area (Å²) < 4.78 is 0. The van der Waals surface area contributed by atoms with E-state index in [0.717, 1.165) is 10.9 Å². The lowest BCUT2D eigenvalue weighted by atomic mass is 9.95. The highest BCUT2D eigenvalue weighted by atomic mass is 32.2. The van der Waals surface area contributed by atoms with Crippen LogP contribution >= 0.6 is 11.8 Å². The van der Waals surface area contributed by atoms with Crippen molar-refractivity contribution in [3.63, 3.8) is 0 Å². The van der Waals surface area contributed by atoms with Gasteiger partial charge in [-0.2, -0.15) is 0 Å². The highest BCUT2D eigenvalue weighted by molar-refractivity contribution is 7.99. The molecule has 1 saturated heterocycles. The molecule has 1 aromatic carbocycles. The number of hydrogen-bond acceptors (Lipinski definition) is 3. The molecule has 1 atom stereocenters. The van der Waals surface area contributed by atoms with Crippen molar-refractivity contribution in [2.75, 3.05) is 13.1 Å². The molecule has 0 saturated carbocycles. The third-order valence-corrected chi connectivity index (χ3v) is 5.28. The van der Waals surface area contributed by atoms with Crippen LogP contribution in [0, 0.1) is 5.92 Å². The average molecular weight is 327 g/mol. The number of pyridine rings is 1. The van der Waals surface area contributed by atoms with Crippen molar-refractivity contribution in [3.05, 3.63) is 54.2 Å². The van der Waals surface area contributed by atoms with E-state index in [4.69, 9.17) is 4.98 Å². The first-order valence-corrected chi connectivity index (χ1v) is 9.47. The lowest BCUT2D eigenvalue weighted by Gasteiger charge is -2.37. The zero-order valence-corrected chi connectivity index (χ0v) is 14.9. The van der Waals surface area contributed by atoms with Gasteiger partial charge < -0.3 is 0 Å². The van der Waals surface area contributed by atoms with Gasteiger partial charge in [-0.05, 0) is 49.1 Å². The Morgan fingerprint density at radius 2 is 1.96 bits per heavy atom. The van der Waals surface area contributed by atoms with Crippen molar-refractivity contribution in [3.8, 4) is 0 Å². The van der Waals surface area contributed by atoms with E-state index in [1.54, 1.807) is 11.8 Å². The summed E-state index contributed by atoms with van der Waals surface area (Å²) in [5.74, 6) is 0.719. The molecule has 3 heteroatoms.